The van der Waals surface area contributed by atoms with E-state index >= 15 is 0 Å². The molecule has 0 unspecified atom stereocenters. The third-order valence-electron chi connectivity index (χ3n) is 2.84. The summed E-state index contributed by atoms with van der Waals surface area (Å²) in [5, 5.41) is 1.02. The fourth-order valence-electron chi connectivity index (χ4n) is 1.92. The molecule has 0 radical (unpaired) electrons. The second kappa shape index (κ2) is 4.55. The number of aromatic amines is 1. The van der Waals surface area contributed by atoms with Crippen LogP contribution >= 0.6 is 11.3 Å². The van der Waals surface area contributed by atoms with Gasteiger partial charge in [0.05, 0.1) is 35.1 Å². The van der Waals surface area contributed by atoms with Crippen LogP contribution in [0.5, 0.6) is 11.5 Å². The zero-order valence-corrected chi connectivity index (χ0v) is 11.7. The van der Waals surface area contributed by atoms with Gasteiger partial charge in [-0.05, 0) is 6.92 Å². The second-order valence-electron chi connectivity index (χ2n) is 4.05. The van der Waals surface area contributed by atoms with Crippen LogP contribution in [0.2, 0.25) is 0 Å². The molecular weight excluding hydrogens is 262 g/mol. The van der Waals surface area contributed by atoms with Crippen molar-refractivity contribution in [1.82, 2.24) is 15.0 Å². The summed E-state index contributed by atoms with van der Waals surface area (Å²) in [6, 6.07) is 3.75. The Bertz CT molecular complexity index is 692. The molecular formula is C13H13N3O2S. The van der Waals surface area contributed by atoms with E-state index < -0.39 is 0 Å². The Morgan fingerprint density at radius 3 is 2.53 bits per heavy atom. The van der Waals surface area contributed by atoms with Gasteiger partial charge in [-0.25, -0.2) is 9.97 Å². The van der Waals surface area contributed by atoms with E-state index in [2.05, 4.69) is 15.0 Å². The summed E-state index contributed by atoms with van der Waals surface area (Å²) < 4.78 is 10.6. The summed E-state index contributed by atoms with van der Waals surface area (Å²) >= 11 is 1.61. The summed E-state index contributed by atoms with van der Waals surface area (Å²) in [6.07, 6.45) is 1.83. The van der Waals surface area contributed by atoms with Crippen molar-refractivity contribution in [3.63, 3.8) is 0 Å². The number of fused-ring (bicyclic) bond motifs is 1. The van der Waals surface area contributed by atoms with E-state index in [0.717, 1.165) is 26.7 Å². The van der Waals surface area contributed by atoms with E-state index in [4.69, 9.17) is 9.47 Å². The van der Waals surface area contributed by atoms with Crippen LogP contribution in [-0.2, 0) is 0 Å². The number of hydrogen-bond donors (Lipinski definition) is 1. The quantitative estimate of drug-likeness (QED) is 0.798. The number of H-pyrrole nitrogens is 1. The zero-order valence-electron chi connectivity index (χ0n) is 10.9. The highest BCUT2D eigenvalue weighted by Gasteiger charge is 2.12. The maximum Gasteiger partial charge on any atom is 0.163 e. The lowest BCUT2D eigenvalue weighted by atomic mass is 10.3. The summed E-state index contributed by atoms with van der Waals surface area (Å²) in [6.45, 7) is 1.98. The summed E-state index contributed by atoms with van der Waals surface area (Å²) in [7, 11) is 3.23. The van der Waals surface area contributed by atoms with Crippen molar-refractivity contribution >= 4 is 22.4 Å². The molecule has 0 aliphatic heterocycles. The van der Waals surface area contributed by atoms with E-state index in [1.54, 1.807) is 25.6 Å². The Kier molecular flexibility index (Phi) is 2.87. The molecule has 0 bridgehead atoms. The fraction of sp³-hybridized carbons (Fsp3) is 0.231. The first-order valence-electron chi connectivity index (χ1n) is 5.76. The maximum absolute atomic E-state index is 5.28. The first-order valence-corrected chi connectivity index (χ1v) is 6.57. The smallest absolute Gasteiger partial charge is 0.163 e. The zero-order chi connectivity index (χ0) is 13.4. The van der Waals surface area contributed by atoms with Gasteiger partial charge in [0.1, 0.15) is 5.82 Å². The number of ether oxygens (including phenoxy) is 2. The molecule has 2 aromatic heterocycles. The third kappa shape index (κ3) is 2.04. The van der Waals surface area contributed by atoms with Crippen molar-refractivity contribution in [3.8, 4) is 22.2 Å². The first kappa shape index (κ1) is 12.0. The first-order chi connectivity index (χ1) is 9.21. The maximum atomic E-state index is 5.28. The number of methoxy groups -OCH3 is 2. The highest BCUT2D eigenvalue weighted by atomic mass is 32.1. The van der Waals surface area contributed by atoms with Crippen LogP contribution in [0.4, 0.5) is 0 Å². The molecule has 0 spiro atoms. The average Bonchev–Trinajstić information content (AvgIpc) is 3.02. The van der Waals surface area contributed by atoms with E-state index in [1.165, 1.54) is 0 Å². The van der Waals surface area contributed by atoms with Crippen LogP contribution in [0, 0.1) is 6.92 Å². The molecule has 1 N–H and O–H groups in total. The van der Waals surface area contributed by atoms with Gasteiger partial charge in [0.25, 0.3) is 0 Å². The van der Waals surface area contributed by atoms with Gasteiger partial charge >= 0.3 is 0 Å². The van der Waals surface area contributed by atoms with Crippen LogP contribution in [0.1, 0.15) is 5.01 Å². The van der Waals surface area contributed by atoms with Gasteiger partial charge in [-0.3, -0.25) is 0 Å². The molecule has 0 aliphatic rings. The lowest BCUT2D eigenvalue weighted by Gasteiger charge is -2.06. The predicted molar refractivity (Wildman–Crippen MR) is 75.0 cm³/mol. The lowest BCUT2D eigenvalue weighted by Crippen LogP contribution is -1.89. The molecule has 0 atom stereocenters. The number of aryl methyl sites for hydroxylation is 1. The highest BCUT2D eigenvalue weighted by molar-refractivity contribution is 7.14. The molecule has 0 fully saturated rings. The van der Waals surface area contributed by atoms with Gasteiger partial charge in [-0.15, -0.1) is 11.3 Å². The Morgan fingerprint density at radius 1 is 1.16 bits per heavy atom. The largest absolute Gasteiger partial charge is 0.493 e. The number of benzene rings is 1. The topological polar surface area (TPSA) is 60.0 Å². The normalized spacial score (nSPS) is 10.9. The van der Waals surface area contributed by atoms with Gasteiger partial charge in [0.15, 0.2) is 11.5 Å². The van der Waals surface area contributed by atoms with Gasteiger partial charge in [-0.1, -0.05) is 0 Å². The number of hydrogen-bond acceptors (Lipinski definition) is 5. The molecule has 98 valence electrons. The van der Waals surface area contributed by atoms with Crippen LogP contribution in [-0.4, -0.2) is 29.2 Å². The molecule has 0 saturated heterocycles. The Balaban J connectivity index is 2.15. The van der Waals surface area contributed by atoms with E-state index in [-0.39, 0.29) is 0 Å². The number of nitrogens with one attached hydrogen (secondary N) is 1. The van der Waals surface area contributed by atoms with Crippen molar-refractivity contribution in [3.05, 3.63) is 23.3 Å². The molecule has 0 aliphatic carbocycles. The molecule has 3 aromatic rings. The molecule has 3 rings (SSSR count). The van der Waals surface area contributed by atoms with Gasteiger partial charge < -0.3 is 14.5 Å². The lowest BCUT2D eigenvalue weighted by molar-refractivity contribution is 0.356. The predicted octanol–water partition coefficient (Wildman–Crippen LogP) is 3.01. The number of nitrogens with zero attached hydrogens (tertiary/aromatic N) is 2. The number of thiazole rings is 1. The summed E-state index contributed by atoms with van der Waals surface area (Å²) in [5.41, 5.74) is 1.76. The molecule has 0 amide bonds. The summed E-state index contributed by atoms with van der Waals surface area (Å²) in [4.78, 5) is 13.1. The van der Waals surface area contributed by atoms with Gasteiger partial charge in [0, 0.05) is 18.3 Å². The van der Waals surface area contributed by atoms with Crippen LogP contribution < -0.4 is 9.47 Å². The van der Waals surface area contributed by atoms with E-state index in [1.807, 2.05) is 25.3 Å². The van der Waals surface area contributed by atoms with Crippen molar-refractivity contribution in [1.29, 1.82) is 0 Å². The van der Waals surface area contributed by atoms with Crippen molar-refractivity contribution in [2.45, 2.75) is 6.92 Å². The number of rotatable bonds is 3. The molecule has 5 nitrogen and oxygen atoms in total. The van der Waals surface area contributed by atoms with Crippen molar-refractivity contribution in [2.24, 2.45) is 0 Å². The molecule has 6 heteroatoms. The molecule has 2 heterocycles. The highest BCUT2D eigenvalue weighted by Crippen LogP contribution is 2.33. The SMILES string of the molecule is COc1cc2nc(-c3cnc(C)s3)[nH]c2cc1OC. The molecule has 19 heavy (non-hydrogen) atoms. The van der Waals surface area contributed by atoms with Crippen molar-refractivity contribution in [2.75, 3.05) is 14.2 Å². The monoisotopic (exact) mass is 275 g/mol. The standard InChI is InChI=1S/C13H13N3O2S/c1-7-14-6-12(19-7)13-15-8-4-10(17-2)11(18-3)5-9(8)16-13/h4-6H,1-3H3,(H,15,16). The Labute approximate surface area is 114 Å². The summed E-state index contributed by atoms with van der Waals surface area (Å²) in [5.74, 6) is 2.18. The van der Waals surface area contributed by atoms with Crippen molar-refractivity contribution < 1.29 is 9.47 Å². The number of imidazole rings is 1. The van der Waals surface area contributed by atoms with Gasteiger partial charge in [-0.2, -0.15) is 0 Å². The second-order valence-corrected chi connectivity index (χ2v) is 5.29. The van der Waals surface area contributed by atoms with Crippen LogP contribution in [0.25, 0.3) is 21.7 Å². The Hall–Kier alpha value is -2.08. The van der Waals surface area contributed by atoms with Crippen LogP contribution in [0.15, 0.2) is 18.3 Å². The molecule has 0 saturated carbocycles. The third-order valence-corrected chi connectivity index (χ3v) is 3.76. The number of aromatic nitrogens is 3. The minimum atomic E-state index is 0.675. The fourth-order valence-corrected chi connectivity index (χ4v) is 2.65. The Morgan fingerprint density at radius 2 is 1.89 bits per heavy atom. The average molecular weight is 275 g/mol. The minimum Gasteiger partial charge on any atom is -0.493 e. The van der Waals surface area contributed by atoms with E-state index in [0.29, 0.717) is 11.5 Å². The van der Waals surface area contributed by atoms with E-state index in [9.17, 15) is 0 Å². The minimum absolute atomic E-state index is 0.675. The van der Waals surface area contributed by atoms with Crippen LogP contribution in [0.3, 0.4) is 0 Å². The molecule has 1 aromatic carbocycles. The van der Waals surface area contributed by atoms with Gasteiger partial charge in [0.2, 0.25) is 0 Å².